The van der Waals surface area contributed by atoms with Gasteiger partial charge in [0.1, 0.15) is 29.4 Å². The van der Waals surface area contributed by atoms with Crippen LogP contribution in [0.4, 0.5) is 0 Å². The fourth-order valence-corrected chi connectivity index (χ4v) is 4.43. The van der Waals surface area contributed by atoms with Crippen molar-refractivity contribution in [3.8, 4) is 22.8 Å². The summed E-state index contributed by atoms with van der Waals surface area (Å²) in [5.74, 6) is 1.23. The summed E-state index contributed by atoms with van der Waals surface area (Å²) in [6.07, 6.45) is 3.86. The van der Waals surface area contributed by atoms with Gasteiger partial charge in [-0.05, 0) is 62.3 Å². The zero-order valence-electron chi connectivity index (χ0n) is 18.9. The van der Waals surface area contributed by atoms with E-state index in [0.29, 0.717) is 34.5 Å². The van der Waals surface area contributed by atoms with E-state index in [0.717, 1.165) is 30.9 Å². The smallest absolute Gasteiger partial charge is 0.197 e. The highest BCUT2D eigenvalue weighted by molar-refractivity contribution is 6.19. The molecule has 6 heteroatoms. The predicted molar refractivity (Wildman–Crippen MR) is 136 cm³/mol. The summed E-state index contributed by atoms with van der Waals surface area (Å²) in [5.41, 5.74) is 2.35. The first-order chi connectivity index (χ1) is 16.2. The second-order valence-electron chi connectivity index (χ2n) is 8.46. The van der Waals surface area contributed by atoms with Crippen LogP contribution in [0.25, 0.3) is 22.3 Å². The molecule has 1 N–H and O–H groups in total. The van der Waals surface area contributed by atoms with E-state index in [2.05, 4.69) is 4.90 Å². The van der Waals surface area contributed by atoms with Crippen molar-refractivity contribution < 1.29 is 19.1 Å². The van der Waals surface area contributed by atoms with Crippen LogP contribution in [0.5, 0.6) is 11.5 Å². The normalized spacial score (nSPS) is 14.0. The Labute approximate surface area is 205 Å². The highest BCUT2D eigenvalue weighted by atomic mass is 35.5. The number of nitrogens with zero attached hydrogens (tertiary/aromatic N) is 1. The van der Waals surface area contributed by atoms with Crippen LogP contribution in [0.1, 0.15) is 35.2 Å². The predicted octanol–water partition coefficient (Wildman–Crippen LogP) is 6.32. The maximum atomic E-state index is 13.6. The first-order valence-corrected chi connectivity index (χ1v) is 11.5. The first-order valence-electron chi connectivity index (χ1n) is 11.5. The number of phenols is 1. The molecule has 0 radical (unpaired) electrons. The molecule has 0 bridgehead atoms. The van der Waals surface area contributed by atoms with Gasteiger partial charge in [0, 0.05) is 29.1 Å². The second-order valence-corrected chi connectivity index (χ2v) is 8.46. The van der Waals surface area contributed by atoms with E-state index in [-0.39, 0.29) is 23.9 Å². The molecule has 34 heavy (non-hydrogen) atoms. The Balaban J connectivity index is 0.00000274. The van der Waals surface area contributed by atoms with Crippen molar-refractivity contribution in [2.45, 2.75) is 19.3 Å². The van der Waals surface area contributed by atoms with Gasteiger partial charge in [-0.3, -0.25) is 9.69 Å². The van der Waals surface area contributed by atoms with E-state index >= 15 is 0 Å². The minimum Gasteiger partial charge on any atom is -0.508 e. The Morgan fingerprint density at radius 2 is 1.68 bits per heavy atom. The highest BCUT2D eigenvalue weighted by Crippen LogP contribution is 2.36. The zero-order valence-corrected chi connectivity index (χ0v) is 19.7. The summed E-state index contributed by atoms with van der Waals surface area (Å²) in [6.45, 7) is 3.87. The average molecular weight is 478 g/mol. The molecule has 2 heterocycles. The fourth-order valence-electron chi connectivity index (χ4n) is 4.43. The molecular formula is C28H28ClNO4. The van der Waals surface area contributed by atoms with Crippen molar-refractivity contribution in [2.24, 2.45) is 0 Å². The molecule has 1 fully saturated rings. The number of halogens is 1. The van der Waals surface area contributed by atoms with Crippen LogP contribution in [0, 0.1) is 0 Å². The molecule has 0 amide bonds. The fraction of sp³-hybridized carbons (Fsp3) is 0.250. The Morgan fingerprint density at radius 1 is 0.941 bits per heavy atom. The van der Waals surface area contributed by atoms with Crippen molar-refractivity contribution >= 4 is 29.2 Å². The van der Waals surface area contributed by atoms with Crippen LogP contribution in [-0.2, 0) is 0 Å². The largest absolute Gasteiger partial charge is 0.508 e. The molecule has 1 saturated heterocycles. The number of ether oxygens (including phenoxy) is 1. The van der Waals surface area contributed by atoms with E-state index in [1.807, 2.05) is 42.5 Å². The number of hydrogen-bond donors (Lipinski definition) is 1. The van der Waals surface area contributed by atoms with Crippen molar-refractivity contribution in [2.75, 3.05) is 26.2 Å². The van der Waals surface area contributed by atoms with Crippen molar-refractivity contribution in [1.29, 1.82) is 0 Å². The Bertz CT molecular complexity index is 1240. The molecule has 4 aromatic rings. The van der Waals surface area contributed by atoms with E-state index < -0.39 is 0 Å². The molecule has 0 spiro atoms. The number of likely N-dealkylation sites (tertiary alicyclic amines) is 1. The number of aromatic hydroxyl groups is 1. The third kappa shape index (κ3) is 5.11. The minimum atomic E-state index is -0.127. The van der Waals surface area contributed by atoms with Crippen LogP contribution in [-0.4, -0.2) is 42.0 Å². The van der Waals surface area contributed by atoms with E-state index in [4.69, 9.17) is 9.15 Å². The quantitative estimate of drug-likeness (QED) is 0.315. The summed E-state index contributed by atoms with van der Waals surface area (Å²) in [6, 6.07) is 21.7. The van der Waals surface area contributed by atoms with Gasteiger partial charge in [-0.15, -0.1) is 12.4 Å². The van der Waals surface area contributed by atoms with Crippen LogP contribution in [0.3, 0.4) is 0 Å². The van der Waals surface area contributed by atoms with Crippen molar-refractivity contribution in [3.63, 3.8) is 0 Å². The van der Waals surface area contributed by atoms with E-state index in [1.54, 1.807) is 24.3 Å². The molecule has 5 rings (SSSR count). The molecule has 176 valence electrons. The maximum Gasteiger partial charge on any atom is 0.197 e. The number of ketones is 1. The lowest BCUT2D eigenvalue weighted by Gasteiger charge is -2.26. The molecule has 0 unspecified atom stereocenters. The summed E-state index contributed by atoms with van der Waals surface area (Å²) >= 11 is 0. The van der Waals surface area contributed by atoms with Gasteiger partial charge >= 0.3 is 0 Å². The number of furan rings is 1. The maximum absolute atomic E-state index is 13.6. The third-order valence-corrected chi connectivity index (χ3v) is 6.18. The standard InChI is InChI=1S/C28H27NO4.ClH/c30-22-11-14-24-25(19-22)33-28(21-7-3-1-4-8-21)26(24)27(31)20-9-12-23(13-10-20)32-18-17-29-15-5-2-6-16-29;/h1,3-4,7-14,19,30H,2,5-6,15-18H2;1H. The lowest BCUT2D eigenvalue weighted by Crippen LogP contribution is -2.33. The summed E-state index contributed by atoms with van der Waals surface area (Å²) in [7, 11) is 0. The number of phenolic OH excluding ortho intramolecular Hbond substituents is 1. The number of piperidine rings is 1. The van der Waals surface area contributed by atoms with Gasteiger partial charge in [0.25, 0.3) is 0 Å². The molecule has 0 atom stereocenters. The van der Waals surface area contributed by atoms with Gasteiger partial charge < -0.3 is 14.3 Å². The number of hydrogen-bond acceptors (Lipinski definition) is 5. The number of benzene rings is 3. The monoisotopic (exact) mass is 477 g/mol. The first kappa shape index (κ1) is 23.9. The van der Waals surface area contributed by atoms with E-state index in [9.17, 15) is 9.90 Å². The molecule has 1 aliphatic rings. The molecular weight excluding hydrogens is 450 g/mol. The van der Waals surface area contributed by atoms with Crippen molar-refractivity contribution in [3.05, 3.63) is 83.9 Å². The van der Waals surface area contributed by atoms with Crippen LogP contribution < -0.4 is 4.74 Å². The molecule has 0 aliphatic carbocycles. The second kappa shape index (κ2) is 10.8. The van der Waals surface area contributed by atoms with Gasteiger partial charge in [-0.25, -0.2) is 0 Å². The molecule has 3 aromatic carbocycles. The summed E-state index contributed by atoms with van der Waals surface area (Å²) in [5, 5.41) is 10.6. The number of fused-ring (bicyclic) bond motifs is 1. The number of rotatable bonds is 7. The van der Waals surface area contributed by atoms with E-state index in [1.165, 1.54) is 25.3 Å². The molecule has 1 aliphatic heterocycles. The van der Waals surface area contributed by atoms with Crippen LogP contribution >= 0.6 is 12.4 Å². The molecule has 5 nitrogen and oxygen atoms in total. The van der Waals surface area contributed by atoms with Gasteiger partial charge in [-0.2, -0.15) is 0 Å². The SMILES string of the molecule is Cl.O=C(c1ccc(OCCN2CCCCC2)cc1)c1c(-c2ccccc2)oc2cc(O)ccc12. The number of carbonyl (C=O) groups excluding carboxylic acids is 1. The molecule has 1 aromatic heterocycles. The Hall–Kier alpha value is -3.28. The summed E-state index contributed by atoms with van der Waals surface area (Å²) < 4.78 is 11.9. The van der Waals surface area contributed by atoms with Gasteiger partial charge in [0.15, 0.2) is 5.78 Å². The van der Waals surface area contributed by atoms with Crippen LogP contribution in [0.2, 0.25) is 0 Å². The lowest BCUT2D eigenvalue weighted by atomic mass is 9.97. The Kier molecular flexibility index (Phi) is 7.56. The number of carbonyl (C=O) groups is 1. The summed E-state index contributed by atoms with van der Waals surface area (Å²) in [4.78, 5) is 16.0. The van der Waals surface area contributed by atoms with Crippen molar-refractivity contribution in [1.82, 2.24) is 4.90 Å². The average Bonchev–Trinajstić information content (AvgIpc) is 3.24. The van der Waals surface area contributed by atoms with Gasteiger partial charge in [0.05, 0.1) is 5.56 Å². The third-order valence-electron chi connectivity index (χ3n) is 6.18. The molecule has 0 saturated carbocycles. The topological polar surface area (TPSA) is 62.9 Å². The highest BCUT2D eigenvalue weighted by Gasteiger charge is 2.23. The lowest BCUT2D eigenvalue weighted by molar-refractivity contribution is 0.104. The Morgan fingerprint density at radius 3 is 2.41 bits per heavy atom. The zero-order chi connectivity index (χ0) is 22.6. The van der Waals surface area contributed by atoms with Gasteiger partial charge in [-0.1, -0.05) is 36.8 Å². The van der Waals surface area contributed by atoms with Crippen LogP contribution in [0.15, 0.2) is 77.2 Å². The minimum absolute atomic E-state index is 0. The van der Waals surface area contributed by atoms with Gasteiger partial charge in [0.2, 0.25) is 0 Å².